The Morgan fingerprint density at radius 2 is 1.91 bits per heavy atom. The molecule has 4 heterocycles. The lowest BCUT2D eigenvalue weighted by molar-refractivity contribution is 0.0709. The third-order valence-electron chi connectivity index (χ3n) is 6.40. The number of hydrogen-bond donors (Lipinski definition) is 1. The highest BCUT2D eigenvalue weighted by molar-refractivity contribution is 7.89. The van der Waals surface area contributed by atoms with Gasteiger partial charge in [0.05, 0.1) is 17.3 Å². The van der Waals surface area contributed by atoms with Gasteiger partial charge in [0.1, 0.15) is 11.5 Å². The summed E-state index contributed by atoms with van der Waals surface area (Å²) in [5.74, 6) is -0.178. The van der Waals surface area contributed by atoms with Crippen molar-refractivity contribution >= 4 is 21.6 Å². The zero-order valence-electron chi connectivity index (χ0n) is 19.3. The van der Waals surface area contributed by atoms with Crippen molar-refractivity contribution in [3.63, 3.8) is 0 Å². The highest BCUT2D eigenvalue weighted by Crippen LogP contribution is 2.36. The van der Waals surface area contributed by atoms with Crippen LogP contribution in [-0.4, -0.2) is 52.5 Å². The predicted octanol–water partition coefficient (Wildman–Crippen LogP) is 3.85. The fraction of sp³-hybridized carbons (Fsp3) is 0.320. The molecule has 1 amide bonds. The van der Waals surface area contributed by atoms with Gasteiger partial charge in [-0.2, -0.15) is 9.41 Å². The van der Waals surface area contributed by atoms with Crippen molar-refractivity contribution in [2.45, 2.75) is 43.7 Å². The lowest BCUT2D eigenvalue weighted by Crippen LogP contribution is -2.35. The number of sulfonamides is 1. The molecular formula is C25H26N4O5S. The summed E-state index contributed by atoms with van der Waals surface area (Å²) >= 11 is 0. The lowest BCUT2D eigenvalue weighted by Gasteiger charge is -2.24. The van der Waals surface area contributed by atoms with E-state index in [0.717, 1.165) is 24.8 Å². The SMILES string of the molecule is Cc1oc(S(=O)(=O)N2CCCCC2)cc1C(=O)N1N=C(c2cccnc2)CC1c1cccc(O)c1. The number of pyridine rings is 1. The van der Waals surface area contributed by atoms with Crippen molar-refractivity contribution in [1.29, 1.82) is 0 Å². The molecule has 1 N–H and O–H groups in total. The summed E-state index contributed by atoms with van der Waals surface area (Å²) in [6.45, 7) is 2.46. The monoisotopic (exact) mass is 494 g/mol. The van der Waals surface area contributed by atoms with Crippen molar-refractivity contribution in [3.8, 4) is 5.75 Å². The zero-order chi connectivity index (χ0) is 24.6. The van der Waals surface area contributed by atoms with E-state index in [1.807, 2.05) is 12.1 Å². The molecule has 1 aromatic carbocycles. The van der Waals surface area contributed by atoms with Crippen molar-refractivity contribution in [3.05, 3.63) is 77.3 Å². The standard InChI is InChI=1S/C25H26N4O5S/c1-17-21(14-24(34-17)35(32,33)28-11-3-2-4-12-28)25(31)29-23(18-7-5-9-20(30)13-18)15-22(27-29)19-8-6-10-26-16-19/h5-10,13-14,16,23,30H,2-4,11-12,15H2,1H3. The van der Waals surface area contributed by atoms with E-state index < -0.39 is 22.0 Å². The van der Waals surface area contributed by atoms with Gasteiger partial charge in [-0.1, -0.05) is 24.6 Å². The van der Waals surface area contributed by atoms with E-state index in [4.69, 9.17) is 4.42 Å². The number of aromatic nitrogens is 1. The first kappa shape index (κ1) is 23.3. The van der Waals surface area contributed by atoms with E-state index in [-0.39, 0.29) is 22.2 Å². The summed E-state index contributed by atoms with van der Waals surface area (Å²) in [4.78, 5) is 17.8. The van der Waals surface area contributed by atoms with Crippen LogP contribution in [-0.2, 0) is 10.0 Å². The first-order valence-corrected chi connectivity index (χ1v) is 13.0. The molecule has 0 spiro atoms. The number of phenolic OH excluding ortho intramolecular Hbond substituents is 1. The number of nitrogens with zero attached hydrogens (tertiary/aromatic N) is 4. The Labute approximate surface area is 203 Å². The minimum Gasteiger partial charge on any atom is -0.508 e. The minimum atomic E-state index is -3.83. The maximum absolute atomic E-state index is 13.7. The molecule has 0 saturated carbocycles. The number of hydrazone groups is 1. The summed E-state index contributed by atoms with van der Waals surface area (Å²) in [5.41, 5.74) is 2.30. The molecule has 1 saturated heterocycles. The van der Waals surface area contributed by atoms with Crippen LogP contribution in [0.1, 0.15) is 59.0 Å². The number of hydrogen-bond acceptors (Lipinski definition) is 7. The second-order valence-electron chi connectivity index (χ2n) is 8.75. The maximum atomic E-state index is 13.7. The Bertz CT molecular complexity index is 1380. The summed E-state index contributed by atoms with van der Waals surface area (Å²) in [5, 5.41) is 15.7. The second kappa shape index (κ2) is 9.27. The van der Waals surface area contributed by atoms with Crippen LogP contribution < -0.4 is 0 Å². The molecule has 10 heteroatoms. The molecule has 2 aliphatic rings. The Kier molecular flexibility index (Phi) is 6.16. The van der Waals surface area contributed by atoms with Crippen LogP contribution in [0, 0.1) is 6.92 Å². The number of aryl methyl sites for hydroxylation is 1. The van der Waals surface area contributed by atoms with Crippen LogP contribution in [0.25, 0.3) is 0 Å². The molecule has 2 aliphatic heterocycles. The van der Waals surface area contributed by atoms with Crippen LogP contribution in [0.3, 0.4) is 0 Å². The summed E-state index contributed by atoms with van der Waals surface area (Å²) in [6.07, 6.45) is 6.35. The fourth-order valence-electron chi connectivity index (χ4n) is 4.55. The van der Waals surface area contributed by atoms with E-state index in [9.17, 15) is 18.3 Å². The average molecular weight is 495 g/mol. The molecular weight excluding hydrogens is 468 g/mol. The van der Waals surface area contributed by atoms with Crippen molar-refractivity contribution in [1.82, 2.24) is 14.3 Å². The topological polar surface area (TPSA) is 116 Å². The van der Waals surface area contributed by atoms with Crippen molar-refractivity contribution in [2.75, 3.05) is 13.1 Å². The molecule has 9 nitrogen and oxygen atoms in total. The molecule has 35 heavy (non-hydrogen) atoms. The molecule has 182 valence electrons. The smallest absolute Gasteiger partial charge is 0.278 e. The van der Waals surface area contributed by atoms with Gasteiger partial charge in [0.15, 0.2) is 0 Å². The number of furan rings is 1. The molecule has 5 rings (SSSR count). The zero-order valence-corrected chi connectivity index (χ0v) is 20.1. The molecule has 0 aliphatic carbocycles. The van der Waals surface area contributed by atoms with Crippen LogP contribution >= 0.6 is 0 Å². The van der Waals surface area contributed by atoms with E-state index >= 15 is 0 Å². The quantitative estimate of drug-likeness (QED) is 0.576. The van der Waals surface area contributed by atoms with E-state index in [1.165, 1.54) is 15.4 Å². The average Bonchev–Trinajstić information content (AvgIpc) is 3.50. The van der Waals surface area contributed by atoms with E-state index in [0.29, 0.717) is 30.8 Å². The normalized spacial score (nSPS) is 19.1. The third kappa shape index (κ3) is 4.46. The number of rotatable bonds is 5. The van der Waals surface area contributed by atoms with E-state index in [1.54, 1.807) is 43.6 Å². The minimum absolute atomic E-state index is 0.0825. The molecule has 1 unspecified atom stereocenters. The fourth-order valence-corrected chi connectivity index (χ4v) is 6.04. The summed E-state index contributed by atoms with van der Waals surface area (Å²) in [6, 6.07) is 11.2. The summed E-state index contributed by atoms with van der Waals surface area (Å²) < 4.78 is 33.2. The highest BCUT2D eigenvalue weighted by atomic mass is 32.2. The number of carbonyl (C=O) groups excluding carboxylic acids is 1. The Balaban J connectivity index is 1.51. The van der Waals surface area contributed by atoms with Gasteiger partial charge in [0, 0.05) is 43.5 Å². The first-order chi connectivity index (χ1) is 16.8. The Hall–Kier alpha value is -3.50. The van der Waals surface area contributed by atoms with E-state index in [2.05, 4.69) is 10.1 Å². The first-order valence-electron chi connectivity index (χ1n) is 11.6. The number of piperidine rings is 1. The molecule has 2 aromatic heterocycles. The van der Waals surface area contributed by atoms with Gasteiger partial charge in [-0.05, 0) is 43.5 Å². The molecule has 0 bridgehead atoms. The molecule has 1 atom stereocenters. The third-order valence-corrected chi connectivity index (χ3v) is 8.16. The second-order valence-corrected chi connectivity index (χ2v) is 10.6. The van der Waals surface area contributed by atoms with Crippen molar-refractivity contribution < 1.29 is 22.7 Å². The number of amides is 1. The number of carbonyl (C=O) groups is 1. The number of benzene rings is 1. The van der Waals surface area contributed by atoms with Gasteiger partial charge in [0.2, 0.25) is 5.09 Å². The number of phenols is 1. The Morgan fingerprint density at radius 3 is 2.63 bits per heavy atom. The largest absolute Gasteiger partial charge is 0.508 e. The molecule has 3 aromatic rings. The maximum Gasteiger partial charge on any atom is 0.278 e. The van der Waals surface area contributed by atoms with Gasteiger partial charge in [-0.3, -0.25) is 9.78 Å². The van der Waals surface area contributed by atoms with Crippen LogP contribution in [0.15, 0.2) is 69.5 Å². The van der Waals surface area contributed by atoms with Crippen molar-refractivity contribution in [2.24, 2.45) is 5.10 Å². The molecule has 0 radical (unpaired) electrons. The summed E-state index contributed by atoms with van der Waals surface area (Å²) in [7, 11) is -3.83. The number of aromatic hydroxyl groups is 1. The van der Waals surface area contributed by atoms with Gasteiger partial charge < -0.3 is 9.52 Å². The van der Waals surface area contributed by atoms with Gasteiger partial charge in [0.25, 0.3) is 15.9 Å². The molecule has 1 fully saturated rings. The predicted molar refractivity (Wildman–Crippen MR) is 128 cm³/mol. The van der Waals surface area contributed by atoms with Crippen LogP contribution in [0.4, 0.5) is 0 Å². The van der Waals surface area contributed by atoms with Crippen LogP contribution in [0.2, 0.25) is 0 Å². The van der Waals surface area contributed by atoms with Gasteiger partial charge in [-0.25, -0.2) is 13.4 Å². The van der Waals surface area contributed by atoms with Gasteiger partial charge in [-0.15, -0.1) is 0 Å². The van der Waals surface area contributed by atoms with Gasteiger partial charge >= 0.3 is 0 Å². The lowest BCUT2D eigenvalue weighted by atomic mass is 9.98. The Morgan fingerprint density at radius 1 is 1.11 bits per heavy atom. The van der Waals surface area contributed by atoms with Crippen LogP contribution in [0.5, 0.6) is 5.75 Å². The highest BCUT2D eigenvalue weighted by Gasteiger charge is 2.37.